The van der Waals surface area contributed by atoms with Gasteiger partial charge in [-0.1, -0.05) is 0 Å². The fourth-order valence-electron chi connectivity index (χ4n) is 1.59. The number of aliphatic hydroxyl groups is 2. The Hall–Kier alpha value is -0.120. The lowest BCUT2D eigenvalue weighted by Crippen LogP contribution is -2.43. The van der Waals surface area contributed by atoms with Crippen LogP contribution < -0.4 is 5.73 Å². The van der Waals surface area contributed by atoms with Crippen molar-refractivity contribution in [3.05, 3.63) is 0 Å². The molecule has 1 rings (SSSR count). The number of hydrogen-bond donors (Lipinski definition) is 3. The Balaban J connectivity index is 2.48. The molecule has 1 aliphatic carbocycles. The fraction of sp³-hybridized carbons (Fsp3) is 1.00. The quantitative estimate of drug-likeness (QED) is 0.496. The lowest BCUT2D eigenvalue weighted by molar-refractivity contribution is 0.00867. The highest BCUT2D eigenvalue weighted by Gasteiger charge is 2.37. The van der Waals surface area contributed by atoms with Crippen LogP contribution in [0.1, 0.15) is 25.7 Å². The minimum Gasteiger partial charge on any atom is -0.396 e. The van der Waals surface area contributed by atoms with Gasteiger partial charge in [-0.25, -0.2) is 0 Å². The zero-order valence-corrected chi connectivity index (χ0v) is 6.08. The summed E-state index contributed by atoms with van der Waals surface area (Å²) in [6, 6.07) is -0.125. The van der Waals surface area contributed by atoms with Crippen molar-refractivity contribution in [2.24, 2.45) is 5.73 Å². The summed E-state index contributed by atoms with van der Waals surface area (Å²) in [6.07, 6.45) is 3.04. The molecule has 1 fully saturated rings. The third-order valence-corrected chi connectivity index (χ3v) is 2.36. The molecule has 1 saturated carbocycles. The van der Waals surface area contributed by atoms with Crippen molar-refractivity contribution in [2.45, 2.75) is 37.3 Å². The number of hydrogen-bond acceptors (Lipinski definition) is 3. The Morgan fingerprint density at radius 3 is 2.70 bits per heavy atom. The van der Waals surface area contributed by atoms with Crippen molar-refractivity contribution in [1.82, 2.24) is 0 Å². The first-order chi connectivity index (χ1) is 4.69. The molecule has 3 heteroatoms. The number of rotatable bonds is 2. The Morgan fingerprint density at radius 2 is 2.30 bits per heavy atom. The third-order valence-electron chi connectivity index (χ3n) is 2.36. The van der Waals surface area contributed by atoms with Gasteiger partial charge in [0.25, 0.3) is 0 Å². The molecule has 60 valence electrons. The molecular weight excluding hydrogens is 130 g/mol. The van der Waals surface area contributed by atoms with Crippen molar-refractivity contribution in [2.75, 3.05) is 6.61 Å². The Morgan fingerprint density at radius 1 is 1.60 bits per heavy atom. The van der Waals surface area contributed by atoms with Crippen LogP contribution in [0.3, 0.4) is 0 Å². The van der Waals surface area contributed by atoms with Crippen molar-refractivity contribution in [3.63, 3.8) is 0 Å². The molecule has 10 heavy (non-hydrogen) atoms. The van der Waals surface area contributed by atoms with E-state index in [9.17, 15) is 5.11 Å². The van der Waals surface area contributed by atoms with Gasteiger partial charge in [0.1, 0.15) is 0 Å². The van der Waals surface area contributed by atoms with Crippen LogP contribution in [0, 0.1) is 0 Å². The average Bonchev–Trinajstić information content (AvgIpc) is 2.15. The zero-order valence-electron chi connectivity index (χ0n) is 6.08. The second-order valence-electron chi connectivity index (χ2n) is 3.08. The SMILES string of the molecule is NC1CCCC1(O)CCO. The highest BCUT2D eigenvalue weighted by atomic mass is 16.3. The molecule has 4 N–H and O–H groups in total. The van der Waals surface area contributed by atoms with Crippen molar-refractivity contribution >= 4 is 0 Å². The topological polar surface area (TPSA) is 66.5 Å². The summed E-state index contributed by atoms with van der Waals surface area (Å²) in [5, 5.41) is 18.3. The van der Waals surface area contributed by atoms with Gasteiger partial charge in [-0.05, 0) is 19.3 Å². The molecule has 2 unspecified atom stereocenters. The molecule has 0 spiro atoms. The molecule has 0 aliphatic heterocycles. The van der Waals surface area contributed by atoms with Crippen LogP contribution >= 0.6 is 0 Å². The minimum absolute atomic E-state index is 0.0319. The van der Waals surface area contributed by atoms with Crippen LogP contribution in [-0.4, -0.2) is 28.5 Å². The summed E-state index contributed by atoms with van der Waals surface area (Å²) in [5.41, 5.74) is 4.87. The molecule has 0 radical (unpaired) electrons. The normalized spacial score (nSPS) is 40.5. The largest absolute Gasteiger partial charge is 0.396 e. The maximum atomic E-state index is 9.67. The predicted octanol–water partition coefficient (Wildman–Crippen LogP) is -0.389. The second kappa shape index (κ2) is 2.86. The highest BCUT2D eigenvalue weighted by Crippen LogP contribution is 2.30. The number of nitrogens with two attached hydrogens (primary N) is 1. The zero-order chi connectivity index (χ0) is 7.61. The van der Waals surface area contributed by atoms with Crippen molar-refractivity contribution in [1.29, 1.82) is 0 Å². The van der Waals surface area contributed by atoms with Crippen LogP contribution in [0.4, 0.5) is 0 Å². The summed E-state index contributed by atoms with van der Waals surface area (Å²) < 4.78 is 0. The molecular formula is C7H15NO2. The fourth-order valence-corrected chi connectivity index (χ4v) is 1.59. The lowest BCUT2D eigenvalue weighted by atomic mass is 9.95. The Labute approximate surface area is 60.9 Å². The van der Waals surface area contributed by atoms with E-state index in [1.165, 1.54) is 0 Å². The molecule has 0 amide bonds. The highest BCUT2D eigenvalue weighted by molar-refractivity contribution is 4.94. The molecule has 3 nitrogen and oxygen atoms in total. The molecule has 1 aliphatic rings. The van der Waals surface area contributed by atoms with E-state index in [1.807, 2.05) is 0 Å². The lowest BCUT2D eigenvalue weighted by Gasteiger charge is -2.26. The molecule has 0 bridgehead atoms. The standard InChI is InChI=1S/C7H15NO2/c8-6-2-1-3-7(6,10)4-5-9/h6,9-10H,1-5,8H2. The van der Waals surface area contributed by atoms with Crippen LogP contribution in [0.2, 0.25) is 0 Å². The Kier molecular flexibility index (Phi) is 2.28. The van der Waals surface area contributed by atoms with Crippen LogP contribution in [0.5, 0.6) is 0 Å². The van der Waals surface area contributed by atoms with Gasteiger partial charge in [-0.3, -0.25) is 0 Å². The summed E-state index contributed by atoms with van der Waals surface area (Å²) in [6.45, 7) is 0.0319. The van der Waals surface area contributed by atoms with Gasteiger partial charge in [0.05, 0.1) is 5.60 Å². The summed E-state index contributed by atoms with van der Waals surface area (Å²) in [4.78, 5) is 0. The van der Waals surface area contributed by atoms with Crippen LogP contribution in [0.25, 0.3) is 0 Å². The minimum atomic E-state index is -0.769. The van der Waals surface area contributed by atoms with Gasteiger partial charge in [-0.2, -0.15) is 0 Å². The van der Waals surface area contributed by atoms with E-state index in [0.717, 1.165) is 19.3 Å². The molecule has 0 aromatic rings. The van der Waals surface area contributed by atoms with Crippen LogP contribution in [-0.2, 0) is 0 Å². The number of aliphatic hydroxyl groups excluding tert-OH is 1. The first-order valence-electron chi connectivity index (χ1n) is 3.78. The average molecular weight is 145 g/mol. The Bertz CT molecular complexity index is 118. The molecule has 0 saturated heterocycles. The third kappa shape index (κ3) is 1.31. The van der Waals surface area contributed by atoms with Gasteiger partial charge in [0, 0.05) is 19.1 Å². The van der Waals surface area contributed by atoms with Gasteiger partial charge < -0.3 is 15.9 Å². The van der Waals surface area contributed by atoms with E-state index in [4.69, 9.17) is 10.8 Å². The van der Waals surface area contributed by atoms with Gasteiger partial charge in [0.2, 0.25) is 0 Å². The molecule has 0 heterocycles. The van der Waals surface area contributed by atoms with E-state index < -0.39 is 5.60 Å². The monoisotopic (exact) mass is 145 g/mol. The van der Waals surface area contributed by atoms with Gasteiger partial charge in [-0.15, -0.1) is 0 Å². The molecule has 0 aromatic heterocycles. The van der Waals surface area contributed by atoms with Gasteiger partial charge in [0.15, 0.2) is 0 Å². The maximum absolute atomic E-state index is 9.67. The van der Waals surface area contributed by atoms with Crippen molar-refractivity contribution < 1.29 is 10.2 Å². The van der Waals surface area contributed by atoms with Gasteiger partial charge >= 0.3 is 0 Å². The molecule has 2 atom stereocenters. The van der Waals surface area contributed by atoms with E-state index in [-0.39, 0.29) is 12.6 Å². The van der Waals surface area contributed by atoms with E-state index in [2.05, 4.69) is 0 Å². The second-order valence-corrected chi connectivity index (χ2v) is 3.08. The summed E-state index contributed by atoms with van der Waals surface area (Å²) in [7, 11) is 0. The maximum Gasteiger partial charge on any atom is 0.0819 e. The smallest absolute Gasteiger partial charge is 0.0819 e. The van der Waals surface area contributed by atoms with Crippen LogP contribution in [0.15, 0.2) is 0 Å². The van der Waals surface area contributed by atoms with E-state index in [1.54, 1.807) is 0 Å². The molecule has 0 aromatic carbocycles. The predicted molar refractivity (Wildman–Crippen MR) is 38.5 cm³/mol. The van der Waals surface area contributed by atoms with E-state index in [0.29, 0.717) is 6.42 Å². The summed E-state index contributed by atoms with van der Waals surface area (Å²) in [5.74, 6) is 0. The summed E-state index contributed by atoms with van der Waals surface area (Å²) >= 11 is 0. The first kappa shape index (κ1) is 7.98. The first-order valence-corrected chi connectivity index (χ1v) is 3.78. The van der Waals surface area contributed by atoms with Crippen molar-refractivity contribution in [3.8, 4) is 0 Å². The van der Waals surface area contributed by atoms with E-state index >= 15 is 0 Å².